The van der Waals surface area contributed by atoms with E-state index in [4.69, 9.17) is 5.26 Å². The van der Waals surface area contributed by atoms with Crippen molar-refractivity contribution in [3.63, 3.8) is 0 Å². The molecule has 0 bridgehead atoms. The second-order valence-electron chi connectivity index (χ2n) is 6.21. The number of amides is 2. The first kappa shape index (κ1) is 18.3. The first-order chi connectivity index (χ1) is 12.0. The number of benzene rings is 2. The molecule has 0 heterocycles. The Morgan fingerprint density at radius 2 is 1.80 bits per heavy atom. The van der Waals surface area contributed by atoms with Crippen molar-refractivity contribution in [3.8, 4) is 6.07 Å². The minimum absolute atomic E-state index is 0.118. The molecule has 130 valence electrons. The van der Waals surface area contributed by atoms with Crippen LogP contribution in [-0.4, -0.2) is 38.6 Å². The lowest BCUT2D eigenvalue weighted by molar-refractivity contribution is 0.207. The molecule has 2 aromatic rings. The Morgan fingerprint density at radius 3 is 2.44 bits per heavy atom. The normalized spacial score (nSPS) is 10.0. The van der Waals surface area contributed by atoms with Crippen molar-refractivity contribution in [2.24, 2.45) is 0 Å². The Bertz CT molecular complexity index is 747. The number of hydrogen-bond donors (Lipinski definition) is 1. The Balaban J connectivity index is 1.80. The van der Waals surface area contributed by atoms with Gasteiger partial charge in [0.2, 0.25) is 0 Å². The van der Waals surface area contributed by atoms with Gasteiger partial charge in [0, 0.05) is 39.9 Å². The summed E-state index contributed by atoms with van der Waals surface area (Å²) in [4.78, 5) is 15.9. The lowest BCUT2D eigenvalue weighted by Gasteiger charge is -2.18. The molecule has 5 nitrogen and oxygen atoms in total. The molecule has 25 heavy (non-hydrogen) atoms. The van der Waals surface area contributed by atoms with Crippen LogP contribution in [0.15, 0.2) is 48.5 Å². The fraction of sp³-hybridized carbons (Fsp3) is 0.300. The minimum atomic E-state index is -0.118. The number of nitriles is 1. The van der Waals surface area contributed by atoms with Gasteiger partial charge < -0.3 is 15.1 Å². The zero-order valence-corrected chi connectivity index (χ0v) is 15.0. The Labute approximate surface area is 149 Å². The van der Waals surface area contributed by atoms with Crippen LogP contribution in [0.2, 0.25) is 0 Å². The summed E-state index contributed by atoms with van der Waals surface area (Å²) in [5.41, 5.74) is 3.89. The molecule has 5 heteroatoms. The molecule has 2 aromatic carbocycles. The third-order valence-corrected chi connectivity index (χ3v) is 3.97. The highest BCUT2D eigenvalue weighted by atomic mass is 16.2. The number of carbonyl (C=O) groups is 1. The van der Waals surface area contributed by atoms with Gasteiger partial charge in [0.15, 0.2) is 0 Å². The van der Waals surface area contributed by atoms with E-state index < -0.39 is 0 Å². The van der Waals surface area contributed by atoms with Crippen LogP contribution in [0.3, 0.4) is 0 Å². The van der Waals surface area contributed by atoms with Crippen molar-refractivity contribution in [2.45, 2.75) is 13.0 Å². The molecule has 0 radical (unpaired) electrons. The van der Waals surface area contributed by atoms with Crippen molar-refractivity contribution in [3.05, 3.63) is 65.2 Å². The summed E-state index contributed by atoms with van der Waals surface area (Å²) in [5.74, 6) is 0. The zero-order valence-electron chi connectivity index (χ0n) is 15.0. The number of nitrogens with one attached hydrogen (secondary N) is 1. The Hall–Kier alpha value is -3.00. The van der Waals surface area contributed by atoms with Crippen molar-refractivity contribution in [1.29, 1.82) is 5.26 Å². The van der Waals surface area contributed by atoms with Gasteiger partial charge in [-0.25, -0.2) is 4.79 Å². The van der Waals surface area contributed by atoms with E-state index in [9.17, 15) is 4.79 Å². The van der Waals surface area contributed by atoms with Gasteiger partial charge in [-0.15, -0.1) is 0 Å². The third kappa shape index (κ3) is 5.54. The van der Waals surface area contributed by atoms with Gasteiger partial charge in [0.05, 0.1) is 11.6 Å². The van der Waals surface area contributed by atoms with Gasteiger partial charge in [-0.2, -0.15) is 5.26 Å². The summed E-state index contributed by atoms with van der Waals surface area (Å²) < 4.78 is 0. The summed E-state index contributed by atoms with van der Waals surface area (Å²) in [6, 6.07) is 17.6. The smallest absolute Gasteiger partial charge is 0.317 e. The first-order valence-corrected chi connectivity index (χ1v) is 8.24. The van der Waals surface area contributed by atoms with E-state index in [1.54, 1.807) is 24.1 Å². The lowest BCUT2D eigenvalue weighted by atomic mass is 10.1. The zero-order chi connectivity index (χ0) is 18.2. The summed E-state index contributed by atoms with van der Waals surface area (Å²) >= 11 is 0. The van der Waals surface area contributed by atoms with Crippen LogP contribution >= 0.6 is 0 Å². The van der Waals surface area contributed by atoms with Gasteiger partial charge in [-0.3, -0.25) is 0 Å². The van der Waals surface area contributed by atoms with Crippen LogP contribution in [0.5, 0.6) is 0 Å². The van der Waals surface area contributed by atoms with Crippen LogP contribution in [0, 0.1) is 11.3 Å². The molecule has 0 saturated heterocycles. The van der Waals surface area contributed by atoms with E-state index >= 15 is 0 Å². The molecule has 0 spiro atoms. The molecule has 0 saturated carbocycles. The summed E-state index contributed by atoms with van der Waals surface area (Å²) in [6.07, 6.45) is 0.789. The average Bonchev–Trinajstić information content (AvgIpc) is 2.62. The van der Waals surface area contributed by atoms with Crippen molar-refractivity contribution in [2.75, 3.05) is 32.6 Å². The molecule has 0 unspecified atom stereocenters. The molecule has 2 rings (SSSR count). The number of nitrogens with zero attached hydrogens (tertiary/aromatic N) is 3. The van der Waals surface area contributed by atoms with Crippen molar-refractivity contribution >= 4 is 11.7 Å². The van der Waals surface area contributed by atoms with Crippen molar-refractivity contribution in [1.82, 2.24) is 10.2 Å². The molecule has 0 aliphatic rings. The number of anilines is 1. The second-order valence-corrected chi connectivity index (χ2v) is 6.21. The van der Waals surface area contributed by atoms with Gasteiger partial charge in [0.25, 0.3) is 0 Å². The maximum Gasteiger partial charge on any atom is 0.317 e. The highest BCUT2D eigenvalue weighted by molar-refractivity contribution is 5.73. The van der Waals surface area contributed by atoms with E-state index in [1.807, 2.05) is 26.2 Å². The summed E-state index contributed by atoms with van der Waals surface area (Å²) in [7, 11) is 5.77. The van der Waals surface area contributed by atoms with E-state index in [0.29, 0.717) is 18.7 Å². The maximum atomic E-state index is 12.2. The minimum Gasteiger partial charge on any atom is -0.378 e. The van der Waals surface area contributed by atoms with Gasteiger partial charge >= 0.3 is 6.03 Å². The number of hydrogen-bond acceptors (Lipinski definition) is 3. The number of urea groups is 1. The maximum absolute atomic E-state index is 12.2. The molecule has 2 amide bonds. The van der Waals surface area contributed by atoms with Crippen LogP contribution < -0.4 is 10.2 Å². The van der Waals surface area contributed by atoms with E-state index in [1.165, 1.54) is 5.56 Å². The molecule has 1 N–H and O–H groups in total. The fourth-order valence-corrected chi connectivity index (χ4v) is 2.49. The largest absolute Gasteiger partial charge is 0.378 e. The van der Waals surface area contributed by atoms with Crippen LogP contribution in [0.4, 0.5) is 10.5 Å². The van der Waals surface area contributed by atoms with Gasteiger partial charge in [0.1, 0.15) is 0 Å². The number of carbonyl (C=O) groups excluding carboxylic acids is 1. The predicted octanol–water partition coefficient (Wildman–Crippen LogP) is 3.01. The highest BCUT2D eigenvalue weighted by Gasteiger charge is 2.09. The van der Waals surface area contributed by atoms with E-state index in [-0.39, 0.29) is 6.03 Å². The summed E-state index contributed by atoms with van der Waals surface area (Å²) in [6.45, 7) is 1.06. The van der Waals surface area contributed by atoms with Crippen molar-refractivity contribution < 1.29 is 4.79 Å². The monoisotopic (exact) mass is 336 g/mol. The topological polar surface area (TPSA) is 59.4 Å². The second kappa shape index (κ2) is 8.74. The molecule has 0 aliphatic carbocycles. The number of rotatable bonds is 6. The molecule has 0 atom stereocenters. The first-order valence-electron chi connectivity index (χ1n) is 8.24. The summed E-state index contributed by atoms with van der Waals surface area (Å²) in [5, 5.41) is 11.9. The van der Waals surface area contributed by atoms with Gasteiger partial charge in [-0.1, -0.05) is 24.3 Å². The highest BCUT2D eigenvalue weighted by Crippen LogP contribution is 2.12. The lowest BCUT2D eigenvalue weighted by Crippen LogP contribution is -2.37. The molecule has 0 aliphatic heterocycles. The van der Waals surface area contributed by atoms with Crippen LogP contribution in [0.25, 0.3) is 0 Å². The standard InChI is InChI=1S/C20H24N4O/c1-23(2)19-9-7-16(8-10-19)11-12-22-20(25)24(3)15-18-6-4-5-17(13-18)14-21/h4-10,13H,11-12,15H2,1-3H3,(H,22,25). The van der Waals surface area contributed by atoms with Crippen LogP contribution in [0.1, 0.15) is 16.7 Å². The predicted molar refractivity (Wildman–Crippen MR) is 100 cm³/mol. The average molecular weight is 336 g/mol. The Kier molecular flexibility index (Phi) is 6.41. The molecular formula is C20H24N4O. The molecular weight excluding hydrogens is 312 g/mol. The molecule has 0 fully saturated rings. The SMILES string of the molecule is CN(Cc1cccc(C#N)c1)C(=O)NCCc1ccc(N(C)C)cc1. The van der Waals surface area contributed by atoms with E-state index in [0.717, 1.165) is 17.7 Å². The van der Waals surface area contributed by atoms with Gasteiger partial charge in [-0.05, 0) is 41.8 Å². The van der Waals surface area contributed by atoms with E-state index in [2.05, 4.69) is 40.6 Å². The fourth-order valence-electron chi connectivity index (χ4n) is 2.49. The third-order valence-electron chi connectivity index (χ3n) is 3.97. The quantitative estimate of drug-likeness (QED) is 0.882. The Morgan fingerprint density at radius 1 is 1.08 bits per heavy atom. The molecule has 0 aromatic heterocycles. The van der Waals surface area contributed by atoms with Crippen LogP contribution in [-0.2, 0) is 13.0 Å².